The summed E-state index contributed by atoms with van der Waals surface area (Å²) in [6.07, 6.45) is 2.13. The fraction of sp³-hybridized carbons (Fsp3) is 0.357. The summed E-state index contributed by atoms with van der Waals surface area (Å²) in [5, 5.41) is 10.5. The first-order chi connectivity index (χ1) is 9.43. The van der Waals surface area contributed by atoms with Gasteiger partial charge in [-0.2, -0.15) is 0 Å². The van der Waals surface area contributed by atoms with Crippen molar-refractivity contribution in [2.45, 2.75) is 26.3 Å². The molecule has 108 valence electrons. The zero-order valence-corrected chi connectivity index (χ0v) is 11.5. The Bertz CT molecular complexity index is 508. The van der Waals surface area contributed by atoms with Gasteiger partial charge in [-0.25, -0.2) is 4.79 Å². The number of carbonyl (C=O) groups excluding carboxylic acids is 1. The zero-order chi connectivity index (χ0) is 15.1. The van der Waals surface area contributed by atoms with Crippen LogP contribution in [0.5, 0.6) is 0 Å². The maximum atomic E-state index is 11.4. The number of hydrogen-bond acceptors (Lipinski definition) is 5. The van der Waals surface area contributed by atoms with Crippen molar-refractivity contribution in [2.24, 2.45) is 5.73 Å². The third-order valence-electron chi connectivity index (χ3n) is 2.68. The second kappa shape index (κ2) is 7.40. The topological polar surface area (TPSA) is 95.5 Å². The van der Waals surface area contributed by atoms with Crippen LogP contribution in [0.15, 0.2) is 35.9 Å². The molecule has 0 aliphatic carbocycles. The van der Waals surface area contributed by atoms with E-state index in [0.29, 0.717) is 18.6 Å². The van der Waals surface area contributed by atoms with Gasteiger partial charge in [0.25, 0.3) is 5.69 Å². The van der Waals surface area contributed by atoms with Crippen LogP contribution in [-0.4, -0.2) is 23.5 Å². The lowest BCUT2D eigenvalue weighted by atomic mass is 10.0. The second-order valence-corrected chi connectivity index (χ2v) is 4.36. The lowest BCUT2D eigenvalue weighted by Crippen LogP contribution is -2.21. The largest absolute Gasteiger partial charge is 0.463 e. The smallest absolute Gasteiger partial charge is 0.333 e. The highest BCUT2D eigenvalue weighted by Gasteiger charge is 2.09. The molecule has 0 amide bonds. The van der Waals surface area contributed by atoms with Gasteiger partial charge in [0, 0.05) is 23.7 Å². The van der Waals surface area contributed by atoms with Crippen LogP contribution in [0, 0.1) is 10.1 Å². The molecule has 6 nitrogen and oxygen atoms in total. The SMILES string of the molecule is CCOC(=O)/C(C)=C/[C@@H](N)Cc1ccc([N+](=O)[O-])cc1. The first-order valence-electron chi connectivity index (χ1n) is 6.28. The Morgan fingerprint density at radius 3 is 2.55 bits per heavy atom. The van der Waals surface area contributed by atoms with E-state index in [-0.39, 0.29) is 17.7 Å². The van der Waals surface area contributed by atoms with Crippen molar-refractivity contribution in [1.82, 2.24) is 0 Å². The third-order valence-corrected chi connectivity index (χ3v) is 2.68. The highest BCUT2D eigenvalue weighted by Crippen LogP contribution is 2.13. The molecule has 20 heavy (non-hydrogen) atoms. The van der Waals surface area contributed by atoms with Crippen LogP contribution in [-0.2, 0) is 16.0 Å². The van der Waals surface area contributed by atoms with Gasteiger partial charge in [-0.1, -0.05) is 18.2 Å². The number of hydrogen-bond donors (Lipinski definition) is 1. The van der Waals surface area contributed by atoms with Gasteiger partial charge in [0.1, 0.15) is 0 Å². The molecule has 0 aliphatic rings. The minimum atomic E-state index is -0.450. The van der Waals surface area contributed by atoms with E-state index in [1.54, 1.807) is 32.1 Å². The molecule has 0 spiro atoms. The molecule has 0 fully saturated rings. The predicted octanol–water partition coefficient (Wildman–Crippen LogP) is 1.97. The van der Waals surface area contributed by atoms with Crippen LogP contribution in [0.4, 0.5) is 5.69 Å². The van der Waals surface area contributed by atoms with Crippen LogP contribution in [0.1, 0.15) is 19.4 Å². The van der Waals surface area contributed by atoms with Crippen LogP contribution in [0.2, 0.25) is 0 Å². The van der Waals surface area contributed by atoms with Crippen molar-refractivity contribution >= 4 is 11.7 Å². The van der Waals surface area contributed by atoms with Gasteiger partial charge < -0.3 is 10.5 Å². The van der Waals surface area contributed by atoms with Crippen LogP contribution in [0.3, 0.4) is 0 Å². The number of benzene rings is 1. The van der Waals surface area contributed by atoms with Crippen LogP contribution in [0.25, 0.3) is 0 Å². The molecule has 0 saturated carbocycles. The minimum Gasteiger partial charge on any atom is -0.463 e. The van der Waals surface area contributed by atoms with Crippen molar-refractivity contribution in [3.05, 3.63) is 51.6 Å². The maximum Gasteiger partial charge on any atom is 0.333 e. The van der Waals surface area contributed by atoms with E-state index in [1.807, 2.05) is 0 Å². The summed E-state index contributed by atoms with van der Waals surface area (Å²) in [6.45, 7) is 3.71. The molecule has 0 aliphatic heterocycles. The summed E-state index contributed by atoms with van der Waals surface area (Å²) < 4.78 is 4.86. The molecule has 1 atom stereocenters. The molecular weight excluding hydrogens is 260 g/mol. The summed E-state index contributed by atoms with van der Waals surface area (Å²) in [6, 6.07) is 5.84. The lowest BCUT2D eigenvalue weighted by molar-refractivity contribution is -0.384. The monoisotopic (exact) mass is 278 g/mol. The molecule has 1 aromatic carbocycles. The van der Waals surface area contributed by atoms with Gasteiger partial charge in [-0.3, -0.25) is 10.1 Å². The fourth-order valence-corrected chi connectivity index (χ4v) is 1.72. The van der Waals surface area contributed by atoms with Crippen molar-refractivity contribution in [3.63, 3.8) is 0 Å². The summed E-state index contributed by atoms with van der Waals surface area (Å²) in [5.74, 6) is -0.383. The Kier molecular flexibility index (Phi) is 5.86. The summed E-state index contributed by atoms with van der Waals surface area (Å²) in [4.78, 5) is 21.5. The second-order valence-electron chi connectivity index (χ2n) is 4.36. The third kappa shape index (κ3) is 4.81. The van der Waals surface area contributed by atoms with Gasteiger partial charge in [-0.15, -0.1) is 0 Å². The molecule has 2 N–H and O–H groups in total. The van der Waals surface area contributed by atoms with Crippen molar-refractivity contribution in [3.8, 4) is 0 Å². The number of rotatable bonds is 6. The molecule has 0 aromatic heterocycles. The number of non-ortho nitro benzene ring substituents is 1. The predicted molar refractivity (Wildman–Crippen MR) is 75.2 cm³/mol. The maximum absolute atomic E-state index is 11.4. The van der Waals surface area contributed by atoms with Crippen LogP contribution >= 0.6 is 0 Å². The Hall–Kier alpha value is -2.21. The normalized spacial score (nSPS) is 12.8. The fourth-order valence-electron chi connectivity index (χ4n) is 1.72. The molecule has 1 aromatic rings. The van der Waals surface area contributed by atoms with E-state index >= 15 is 0 Å². The lowest BCUT2D eigenvalue weighted by Gasteiger charge is -2.08. The Morgan fingerprint density at radius 1 is 1.45 bits per heavy atom. The molecule has 0 heterocycles. The molecular formula is C14H18N2O4. The molecule has 6 heteroatoms. The average molecular weight is 278 g/mol. The number of esters is 1. The number of carbonyl (C=O) groups is 1. The molecule has 0 bridgehead atoms. The number of nitro benzene ring substituents is 1. The molecule has 0 saturated heterocycles. The van der Waals surface area contributed by atoms with E-state index in [4.69, 9.17) is 10.5 Å². The molecule has 1 rings (SSSR count). The van der Waals surface area contributed by atoms with Crippen molar-refractivity contribution in [1.29, 1.82) is 0 Å². The van der Waals surface area contributed by atoms with Gasteiger partial charge in [0.15, 0.2) is 0 Å². The number of nitro groups is 1. The summed E-state index contributed by atoms with van der Waals surface area (Å²) >= 11 is 0. The zero-order valence-electron chi connectivity index (χ0n) is 11.5. The quantitative estimate of drug-likeness (QED) is 0.371. The van der Waals surface area contributed by atoms with E-state index in [9.17, 15) is 14.9 Å². The Labute approximate surface area is 117 Å². The van der Waals surface area contributed by atoms with E-state index in [1.165, 1.54) is 12.1 Å². The first-order valence-corrected chi connectivity index (χ1v) is 6.28. The summed E-state index contributed by atoms with van der Waals surface area (Å²) in [5.41, 5.74) is 7.29. The minimum absolute atomic E-state index is 0.0422. The average Bonchev–Trinajstić information content (AvgIpc) is 2.39. The Morgan fingerprint density at radius 2 is 2.05 bits per heavy atom. The van der Waals surface area contributed by atoms with Gasteiger partial charge in [0.05, 0.1) is 11.5 Å². The van der Waals surface area contributed by atoms with Gasteiger partial charge in [0.2, 0.25) is 0 Å². The van der Waals surface area contributed by atoms with Crippen molar-refractivity contribution in [2.75, 3.05) is 6.61 Å². The van der Waals surface area contributed by atoms with Crippen LogP contribution < -0.4 is 5.73 Å². The number of nitrogens with zero attached hydrogens (tertiary/aromatic N) is 1. The number of nitrogens with two attached hydrogens (primary N) is 1. The highest BCUT2D eigenvalue weighted by atomic mass is 16.6. The Balaban J connectivity index is 2.66. The highest BCUT2D eigenvalue weighted by molar-refractivity contribution is 5.87. The van der Waals surface area contributed by atoms with Gasteiger partial charge in [-0.05, 0) is 25.8 Å². The van der Waals surface area contributed by atoms with E-state index < -0.39 is 4.92 Å². The standard InChI is InChI=1S/C14H18N2O4/c1-3-20-14(17)10(2)8-12(15)9-11-4-6-13(7-5-11)16(18)19/h4-8,12H,3,9,15H2,1-2H3/b10-8+/t12-/m1/s1. The van der Waals surface area contributed by atoms with E-state index in [0.717, 1.165) is 5.56 Å². The first kappa shape index (κ1) is 15.8. The molecule has 0 radical (unpaired) electrons. The van der Waals surface area contributed by atoms with E-state index in [2.05, 4.69) is 0 Å². The number of ether oxygens (including phenoxy) is 1. The van der Waals surface area contributed by atoms with Gasteiger partial charge >= 0.3 is 5.97 Å². The van der Waals surface area contributed by atoms with Crippen molar-refractivity contribution < 1.29 is 14.5 Å². The molecule has 0 unspecified atom stereocenters. The summed E-state index contributed by atoms with van der Waals surface area (Å²) in [7, 11) is 0.